The maximum atomic E-state index is 12.0. The van der Waals surface area contributed by atoms with Crippen LogP contribution in [0, 0.1) is 34.6 Å². The molecule has 158 valence electrons. The molecule has 1 aliphatic rings. The Balaban J connectivity index is 0.000000504. The number of nitrogens with one attached hydrogen (secondary N) is 1. The summed E-state index contributed by atoms with van der Waals surface area (Å²) in [5.74, 6) is 0. The van der Waals surface area contributed by atoms with Gasteiger partial charge < -0.3 is 5.73 Å². The molecule has 0 saturated heterocycles. The number of benzene rings is 1. The van der Waals surface area contributed by atoms with E-state index >= 15 is 0 Å². The molecular formula is C18H29F3N2O2RuS. The first-order chi connectivity index (χ1) is 11.8. The summed E-state index contributed by atoms with van der Waals surface area (Å²) >= 11 is 0. The number of aryl methyl sites for hydroxylation is 2. The molecule has 1 fully saturated rings. The van der Waals surface area contributed by atoms with E-state index < -0.39 is 27.6 Å². The third-order valence-electron chi connectivity index (χ3n) is 5.17. The predicted molar refractivity (Wildman–Crippen MR) is 98.5 cm³/mol. The zero-order valence-electron chi connectivity index (χ0n) is 16.4. The Morgan fingerprint density at radius 2 is 1.41 bits per heavy atom. The van der Waals surface area contributed by atoms with E-state index in [2.05, 4.69) is 40.7 Å². The van der Waals surface area contributed by atoms with Crippen molar-refractivity contribution in [2.75, 3.05) is 0 Å². The van der Waals surface area contributed by atoms with Crippen molar-refractivity contribution in [3.05, 3.63) is 33.9 Å². The number of rotatable bonds is 2. The summed E-state index contributed by atoms with van der Waals surface area (Å²) in [5.41, 5.74) is 7.41. The quantitative estimate of drug-likeness (QED) is 0.611. The number of sulfonamides is 1. The number of hydrogen-bond donors (Lipinski definition) is 2. The van der Waals surface area contributed by atoms with Crippen LogP contribution in [0.15, 0.2) is 6.07 Å². The molecule has 0 heterocycles. The molecule has 2 atom stereocenters. The van der Waals surface area contributed by atoms with E-state index in [4.69, 9.17) is 5.73 Å². The Hall–Kier alpha value is -0.497. The molecule has 1 aromatic carbocycles. The number of alkyl halides is 3. The minimum atomic E-state index is -5.26. The Labute approximate surface area is 173 Å². The molecule has 1 aliphatic carbocycles. The number of halogens is 3. The van der Waals surface area contributed by atoms with Gasteiger partial charge in [0.1, 0.15) is 0 Å². The summed E-state index contributed by atoms with van der Waals surface area (Å²) < 4.78 is 59.2. The largest absolute Gasteiger partial charge is 0.511 e. The first kappa shape index (κ1) is 26.5. The van der Waals surface area contributed by atoms with Gasteiger partial charge in [0.15, 0.2) is 0 Å². The van der Waals surface area contributed by atoms with Gasteiger partial charge in [0.05, 0.1) is 0 Å². The fourth-order valence-corrected chi connectivity index (χ4v) is 3.81. The molecule has 0 aliphatic heterocycles. The number of hydrogen-bond acceptors (Lipinski definition) is 3. The van der Waals surface area contributed by atoms with Gasteiger partial charge in [-0.05, 0) is 75.3 Å². The number of nitrogens with two attached hydrogens (primary N) is 1. The summed E-state index contributed by atoms with van der Waals surface area (Å²) in [4.78, 5) is 0. The topological polar surface area (TPSA) is 72.2 Å². The summed E-state index contributed by atoms with van der Waals surface area (Å²) in [6.07, 6.45) is 2.42. The van der Waals surface area contributed by atoms with Crippen LogP contribution in [0.25, 0.3) is 0 Å². The van der Waals surface area contributed by atoms with Crippen LogP contribution < -0.4 is 10.5 Å². The van der Waals surface area contributed by atoms with Crippen molar-refractivity contribution in [1.29, 1.82) is 0 Å². The van der Waals surface area contributed by atoms with E-state index in [9.17, 15) is 21.6 Å². The SMILES string of the molecule is Cc1cc(C)c(C)c(C)c1C.N[C@H]1CCCC[C@@H]1NS(=O)(=O)C(F)(F)F.[Ru]. The molecule has 27 heavy (non-hydrogen) atoms. The van der Waals surface area contributed by atoms with Crippen LogP contribution in [0.4, 0.5) is 13.2 Å². The predicted octanol–water partition coefficient (Wildman–Crippen LogP) is 3.92. The van der Waals surface area contributed by atoms with Crippen LogP contribution in [0.2, 0.25) is 0 Å². The van der Waals surface area contributed by atoms with E-state index in [1.165, 1.54) is 27.8 Å². The van der Waals surface area contributed by atoms with Gasteiger partial charge in [-0.1, -0.05) is 18.9 Å². The summed E-state index contributed by atoms with van der Waals surface area (Å²) in [6, 6.07) is 0.929. The third-order valence-corrected chi connectivity index (χ3v) is 6.39. The van der Waals surface area contributed by atoms with Crippen molar-refractivity contribution >= 4 is 10.0 Å². The van der Waals surface area contributed by atoms with Crippen molar-refractivity contribution in [2.24, 2.45) is 5.73 Å². The molecule has 9 heteroatoms. The van der Waals surface area contributed by atoms with Crippen LogP contribution in [0.1, 0.15) is 53.5 Å². The minimum absolute atomic E-state index is 0. The Morgan fingerprint density at radius 1 is 0.963 bits per heavy atom. The molecule has 0 aromatic heterocycles. The van der Waals surface area contributed by atoms with Crippen LogP contribution >= 0.6 is 0 Å². The molecule has 0 bridgehead atoms. The molecule has 1 saturated carbocycles. The maximum absolute atomic E-state index is 12.0. The third kappa shape index (κ3) is 7.11. The van der Waals surface area contributed by atoms with Crippen LogP contribution in [0.3, 0.4) is 0 Å². The van der Waals surface area contributed by atoms with Crippen molar-refractivity contribution in [3.8, 4) is 0 Å². The van der Waals surface area contributed by atoms with E-state index in [0.29, 0.717) is 19.3 Å². The molecule has 0 spiro atoms. The van der Waals surface area contributed by atoms with Gasteiger partial charge in [-0.3, -0.25) is 0 Å². The summed E-state index contributed by atoms with van der Waals surface area (Å²) in [6.45, 7) is 10.9. The van der Waals surface area contributed by atoms with Gasteiger partial charge in [0.25, 0.3) is 0 Å². The molecule has 4 nitrogen and oxygen atoms in total. The fourth-order valence-electron chi connectivity index (χ4n) is 2.99. The smallest absolute Gasteiger partial charge is 0.326 e. The molecule has 3 N–H and O–H groups in total. The second-order valence-electron chi connectivity index (χ2n) is 7.01. The molecule has 1 aromatic rings. The van der Waals surface area contributed by atoms with E-state index in [1.807, 2.05) is 0 Å². The van der Waals surface area contributed by atoms with Crippen molar-refractivity contribution in [1.82, 2.24) is 4.72 Å². The van der Waals surface area contributed by atoms with Crippen molar-refractivity contribution in [2.45, 2.75) is 77.9 Å². The van der Waals surface area contributed by atoms with Gasteiger partial charge in [-0.2, -0.15) is 13.2 Å². The van der Waals surface area contributed by atoms with Crippen molar-refractivity contribution < 1.29 is 41.1 Å². The van der Waals surface area contributed by atoms with Gasteiger partial charge in [-0.25, -0.2) is 13.1 Å². The second-order valence-corrected chi connectivity index (χ2v) is 8.71. The Bertz CT molecular complexity index is 711. The zero-order valence-corrected chi connectivity index (χ0v) is 18.9. The fraction of sp³-hybridized carbons (Fsp3) is 0.667. The van der Waals surface area contributed by atoms with Gasteiger partial charge in [0.2, 0.25) is 0 Å². The van der Waals surface area contributed by atoms with Gasteiger partial charge >= 0.3 is 15.5 Å². The monoisotopic (exact) mass is 496 g/mol. The van der Waals surface area contributed by atoms with Crippen LogP contribution in [-0.4, -0.2) is 26.0 Å². The molecule has 2 rings (SSSR count). The Morgan fingerprint density at radius 3 is 1.81 bits per heavy atom. The average Bonchev–Trinajstić information content (AvgIpc) is 2.53. The van der Waals surface area contributed by atoms with Gasteiger partial charge in [0, 0.05) is 31.6 Å². The normalized spacial score (nSPS) is 20.3. The molecule has 0 amide bonds. The maximum Gasteiger partial charge on any atom is 0.511 e. The molecule has 0 unspecified atom stereocenters. The first-order valence-electron chi connectivity index (χ1n) is 8.66. The molecule has 0 radical (unpaired) electrons. The van der Waals surface area contributed by atoms with Gasteiger partial charge in [-0.15, -0.1) is 0 Å². The van der Waals surface area contributed by atoms with Crippen LogP contribution in [-0.2, 0) is 29.5 Å². The van der Waals surface area contributed by atoms with Crippen LogP contribution in [0.5, 0.6) is 0 Å². The van der Waals surface area contributed by atoms with E-state index in [0.717, 1.165) is 6.42 Å². The average molecular weight is 496 g/mol. The first-order valence-corrected chi connectivity index (χ1v) is 10.1. The minimum Gasteiger partial charge on any atom is -0.326 e. The summed E-state index contributed by atoms with van der Waals surface area (Å²) in [5, 5.41) is 0. The van der Waals surface area contributed by atoms with E-state index in [1.54, 1.807) is 4.72 Å². The standard InChI is InChI=1S/C11H16.C7H13F3N2O2S.Ru/c1-7-6-8(2)10(4)11(5)9(7)3;8-7(9,10)15(13,14)12-6-4-2-1-3-5(6)11;/h6H,1-5H3;5-6,12H,1-4,11H2;/t;5-,6-;/m.0./s1. The summed E-state index contributed by atoms with van der Waals surface area (Å²) in [7, 11) is -5.26. The second kappa shape index (κ2) is 10.3. The van der Waals surface area contributed by atoms with E-state index in [-0.39, 0.29) is 19.5 Å². The Kier molecular flexibility index (Phi) is 10.1. The zero-order chi connectivity index (χ0) is 20.3. The van der Waals surface area contributed by atoms with Crippen molar-refractivity contribution in [3.63, 3.8) is 0 Å². The molecular weight excluding hydrogens is 466 g/mol.